The Kier molecular flexibility index (Phi) is 7.87. The quantitative estimate of drug-likeness (QED) is 0.598. The molecule has 2 aromatic rings. The van der Waals surface area contributed by atoms with Crippen LogP contribution in [-0.4, -0.2) is 56.8 Å². The van der Waals surface area contributed by atoms with Crippen molar-refractivity contribution in [1.29, 1.82) is 0 Å². The fraction of sp³-hybridized carbons (Fsp3) is 0.435. The fourth-order valence-electron chi connectivity index (χ4n) is 3.53. The lowest BCUT2D eigenvalue weighted by atomic mass is 10.2. The van der Waals surface area contributed by atoms with Gasteiger partial charge >= 0.3 is 0 Å². The molecule has 0 saturated carbocycles. The van der Waals surface area contributed by atoms with Crippen LogP contribution in [0.5, 0.6) is 5.75 Å². The van der Waals surface area contributed by atoms with Gasteiger partial charge in [0.15, 0.2) is 0 Å². The Morgan fingerprint density at radius 1 is 0.967 bits per heavy atom. The van der Waals surface area contributed by atoms with E-state index in [9.17, 15) is 13.2 Å². The van der Waals surface area contributed by atoms with Crippen LogP contribution in [0.4, 0.5) is 0 Å². The number of sulfonamides is 1. The van der Waals surface area contributed by atoms with E-state index < -0.39 is 10.0 Å². The number of carbonyl (C=O) groups is 1. The van der Waals surface area contributed by atoms with Gasteiger partial charge in [-0.3, -0.25) is 4.79 Å². The molecule has 162 valence electrons. The topological polar surface area (TPSA) is 66.9 Å². The summed E-state index contributed by atoms with van der Waals surface area (Å²) in [5.74, 6) is 0.682. The number of rotatable bonds is 8. The van der Waals surface area contributed by atoms with E-state index in [0.717, 1.165) is 31.4 Å². The van der Waals surface area contributed by atoms with Crippen molar-refractivity contribution in [2.75, 3.05) is 33.3 Å². The minimum Gasteiger partial charge on any atom is -0.494 e. The third-order valence-corrected chi connectivity index (χ3v) is 7.21. The molecule has 0 unspecified atom stereocenters. The van der Waals surface area contributed by atoms with Gasteiger partial charge in [0.2, 0.25) is 10.0 Å². The van der Waals surface area contributed by atoms with Gasteiger partial charge in [0.05, 0.1) is 11.5 Å². The van der Waals surface area contributed by atoms with Crippen molar-refractivity contribution >= 4 is 15.9 Å². The average Bonchev–Trinajstić information content (AvgIpc) is 3.07. The molecule has 0 spiro atoms. The molecule has 1 heterocycles. The first kappa shape index (κ1) is 22.3. The number of para-hydroxylation sites is 1. The molecule has 6 nitrogen and oxygen atoms in total. The summed E-state index contributed by atoms with van der Waals surface area (Å²) in [7, 11) is -1.76. The first-order valence-electron chi connectivity index (χ1n) is 10.5. The predicted molar refractivity (Wildman–Crippen MR) is 117 cm³/mol. The summed E-state index contributed by atoms with van der Waals surface area (Å²) in [6.45, 7) is 2.21. The van der Waals surface area contributed by atoms with Crippen LogP contribution < -0.4 is 4.74 Å². The summed E-state index contributed by atoms with van der Waals surface area (Å²) in [6.07, 6.45) is 4.64. The molecular formula is C23H30N2O4S. The normalized spacial score (nSPS) is 15.4. The maximum Gasteiger partial charge on any atom is 0.253 e. The Hall–Kier alpha value is -2.38. The largest absolute Gasteiger partial charge is 0.494 e. The van der Waals surface area contributed by atoms with Gasteiger partial charge in [-0.1, -0.05) is 31.0 Å². The van der Waals surface area contributed by atoms with E-state index in [4.69, 9.17) is 4.74 Å². The molecule has 30 heavy (non-hydrogen) atoms. The number of ether oxygens (including phenoxy) is 1. The predicted octanol–water partition coefficient (Wildman–Crippen LogP) is 3.79. The highest BCUT2D eigenvalue weighted by atomic mass is 32.2. The first-order valence-corrected chi connectivity index (χ1v) is 12.0. The smallest absolute Gasteiger partial charge is 0.253 e. The molecule has 0 bridgehead atoms. The second kappa shape index (κ2) is 10.6. The summed E-state index contributed by atoms with van der Waals surface area (Å²) in [6, 6.07) is 15.9. The Labute approximate surface area is 179 Å². The SMILES string of the molecule is CN(CCCOc1ccccc1)C(=O)c1ccc(S(=O)(=O)N2CCCCCC2)cc1. The Morgan fingerprint density at radius 2 is 1.60 bits per heavy atom. The summed E-state index contributed by atoms with van der Waals surface area (Å²) >= 11 is 0. The second-order valence-corrected chi connectivity index (χ2v) is 9.52. The molecule has 2 aromatic carbocycles. The van der Waals surface area contributed by atoms with Gasteiger partial charge in [-0.15, -0.1) is 0 Å². The van der Waals surface area contributed by atoms with Gasteiger partial charge in [-0.25, -0.2) is 8.42 Å². The number of carbonyl (C=O) groups excluding carboxylic acids is 1. The molecule has 1 saturated heterocycles. The Bertz CT molecular complexity index is 906. The second-order valence-electron chi connectivity index (χ2n) is 7.58. The molecule has 0 atom stereocenters. The van der Waals surface area contributed by atoms with E-state index in [-0.39, 0.29) is 10.8 Å². The molecule has 1 aliphatic rings. The zero-order valence-corrected chi connectivity index (χ0v) is 18.3. The van der Waals surface area contributed by atoms with E-state index in [0.29, 0.717) is 38.2 Å². The van der Waals surface area contributed by atoms with Crippen LogP contribution in [0.25, 0.3) is 0 Å². The van der Waals surface area contributed by atoms with Crippen LogP contribution in [0.15, 0.2) is 59.5 Å². The average molecular weight is 431 g/mol. The highest BCUT2D eigenvalue weighted by molar-refractivity contribution is 7.89. The van der Waals surface area contributed by atoms with Gasteiger partial charge in [0, 0.05) is 32.2 Å². The van der Waals surface area contributed by atoms with Crippen molar-refractivity contribution in [2.24, 2.45) is 0 Å². The maximum absolute atomic E-state index is 12.9. The molecule has 1 fully saturated rings. The highest BCUT2D eigenvalue weighted by Gasteiger charge is 2.25. The van der Waals surface area contributed by atoms with Gasteiger partial charge in [-0.05, 0) is 55.7 Å². The standard InChI is InChI=1S/C23H30N2O4S/c1-24(16-9-19-29-21-10-5-4-6-11-21)23(26)20-12-14-22(15-13-20)30(27,28)25-17-7-2-3-8-18-25/h4-6,10-15H,2-3,7-9,16-19H2,1H3. The van der Waals surface area contributed by atoms with Crippen molar-refractivity contribution in [2.45, 2.75) is 37.0 Å². The molecule has 0 aromatic heterocycles. The van der Waals surface area contributed by atoms with Crippen LogP contribution in [-0.2, 0) is 10.0 Å². The molecule has 0 aliphatic carbocycles. The number of benzene rings is 2. The first-order chi connectivity index (χ1) is 14.5. The number of hydrogen-bond acceptors (Lipinski definition) is 4. The van der Waals surface area contributed by atoms with Crippen molar-refractivity contribution in [3.63, 3.8) is 0 Å². The van der Waals surface area contributed by atoms with Crippen LogP contribution >= 0.6 is 0 Å². The van der Waals surface area contributed by atoms with E-state index >= 15 is 0 Å². The minimum absolute atomic E-state index is 0.131. The monoisotopic (exact) mass is 430 g/mol. The summed E-state index contributed by atoms with van der Waals surface area (Å²) < 4.78 is 32.9. The number of amides is 1. The Balaban J connectivity index is 1.53. The highest BCUT2D eigenvalue weighted by Crippen LogP contribution is 2.21. The maximum atomic E-state index is 12.9. The molecule has 3 rings (SSSR count). The van der Waals surface area contributed by atoms with E-state index in [2.05, 4.69) is 0 Å². The van der Waals surface area contributed by atoms with E-state index in [1.54, 1.807) is 40.5 Å². The zero-order valence-electron chi connectivity index (χ0n) is 17.5. The van der Waals surface area contributed by atoms with Crippen LogP contribution in [0.2, 0.25) is 0 Å². The molecule has 0 radical (unpaired) electrons. The lowest BCUT2D eigenvalue weighted by molar-refractivity contribution is 0.0787. The lowest BCUT2D eigenvalue weighted by Crippen LogP contribution is -2.32. The van der Waals surface area contributed by atoms with Crippen molar-refractivity contribution in [1.82, 2.24) is 9.21 Å². The molecule has 1 aliphatic heterocycles. The van der Waals surface area contributed by atoms with Gasteiger partial charge in [-0.2, -0.15) is 4.31 Å². The molecular weight excluding hydrogens is 400 g/mol. The third-order valence-electron chi connectivity index (χ3n) is 5.30. The van der Waals surface area contributed by atoms with Crippen molar-refractivity contribution in [3.05, 3.63) is 60.2 Å². The summed E-state index contributed by atoms with van der Waals surface area (Å²) in [5, 5.41) is 0. The Morgan fingerprint density at radius 3 is 2.23 bits per heavy atom. The number of hydrogen-bond donors (Lipinski definition) is 0. The molecule has 7 heteroatoms. The minimum atomic E-state index is -3.50. The van der Waals surface area contributed by atoms with Crippen molar-refractivity contribution < 1.29 is 17.9 Å². The molecule has 0 N–H and O–H groups in total. The summed E-state index contributed by atoms with van der Waals surface area (Å²) in [4.78, 5) is 14.5. The lowest BCUT2D eigenvalue weighted by Gasteiger charge is -2.20. The van der Waals surface area contributed by atoms with Gasteiger partial charge in [0.1, 0.15) is 5.75 Å². The van der Waals surface area contributed by atoms with Crippen LogP contribution in [0.1, 0.15) is 42.5 Å². The zero-order chi connectivity index (χ0) is 21.4. The van der Waals surface area contributed by atoms with Crippen LogP contribution in [0.3, 0.4) is 0 Å². The molecule has 1 amide bonds. The van der Waals surface area contributed by atoms with E-state index in [1.807, 2.05) is 30.3 Å². The van der Waals surface area contributed by atoms with Gasteiger partial charge < -0.3 is 9.64 Å². The fourth-order valence-corrected chi connectivity index (χ4v) is 5.05. The number of nitrogens with zero attached hydrogens (tertiary/aromatic N) is 2. The summed E-state index contributed by atoms with van der Waals surface area (Å²) in [5.41, 5.74) is 0.483. The van der Waals surface area contributed by atoms with E-state index in [1.165, 1.54) is 0 Å². The van der Waals surface area contributed by atoms with Crippen LogP contribution in [0, 0.1) is 0 Å². The van der Waals surface area contributed by atoms with Crippen molar-refractivity contribution in [3.8, 4) is 5.75 Å². The third kappa shape index (κ3) is 5.83. The van der Waals surface area contributed by atoms with Gasteiger partial charge in [0.25, 0.3) is 5.91 Å².